The van der Waals surface area contributed by atoms with E-state index in [1.54, 1.807) is 12.1 Å². The molecule has 0 fully saturated rings. The number of carboxylic acid groups (broad SMARTS) is 2. The minimum Gasteiger partial charge on any atom is -0.478 e. The molecule has 0 heterocycles. The molecule has 0 radical (unpaired) electrons. The van der Waals surface area contributed by atoms with E-state index in [0.717, 1.165) is 6.42 Å². The van der Waals surface area contributed by atoms with E-state index >= 15 is 0 Å². The fourth-order valence-corrected chi connectivity index (χ4v) is 3.50. The van der Waals surface area contributed by atoms with Gasteiger partial charge in [-0.2, -0.15) is 0 Å². The van der Waals surface area contributed by atoms with Crippen LogP contribution in [-0.2, 0) is 30.4 Å². The number of hydrogen-bond acceptors (Lipinski definition) is 9. The quantitative estimate of drug-likeness (QED) is 0.135. The molecule has 0 amide bonds. The SMILES string of the molecule is CC[C@H](NN)[C@H](C)OCc1ccccc1.O=C(O[C@H](C(=O)O)[C@H](OC(=O)c1ccccc1)C(=O)O)c1ccccc1. The number of nitrogens with two attached hydrogens (primary N) is 1. The van der Waals surface area contributed by atoms with Crippen LogP contribution in [0.3, 0.4) is 0 Å². The second-order valence-corrected chi connectivity index (χ2v) is 8.74. The number of hydrogen-bond donors (Lipinski definition) is 4. The van der Waals surface area contributed by atoms with Crippen molar-refractivity contribution in [2.45, 2.75) is 51.2 Å². The minimum atomic E-state index is -2.21. The first-order valence-electron chi connectivity index (χ1n) is 12.8. The summed E-state index contributed by atoms with van der Waals surface area (Å²) in [5, 5.41) is 18.5. The van der Waals surface area contributed by atoms with E-state index in [4.69, 9.17) is 20.1 Å². The van der Waals surface area contributed by atoms with Crippen LogP contribution in [0.25, 0.3) is 0 Å². The van der Waals surface area contributed by atoms with Crippen molar-refractivity contribution in [3.05, 3.63) is 108 Å². The van der Waals surface area contributed by atoms with Gasteiger partial charge in [0.2, 0.25) is 12.2 Å². The molecule has 4 atom stereocenters. The number of benzene rings is 3. The van der Waals surface area contributed by atoms with Crippen molar-refractivity contribution in [1.82, 2.24) is 5.43 Å². The van der Waals surface area contributed by atoms with Gasteiger partial charge in [-0.15, -0.1) is 0 Å². The van der Waals surface area contributed by atoms with E-state index < -0.39 is 36.1 Å². The van der Waals surface area contributed by atoms with Crippen LogP contribution < -0.4 is 11.3 Å². The van der Waals surface area contributed by atoms with E-state index in [2.05, 4.69) is 24.5 Å². The molecule has 3 aromatic carbocycles. The molecule has 41 heavy (non-hydrogen) atoms. The second-order valence-electron chi connectivity index (χ2n) is 8.74. The van der Waals surface area contributed by atoms with Crippen molar-refractivity contribution in [1.29, 1.82) is 0 Å². The summed E-state index contributed by atoms with van der Waals surface area (Å²) in [5.41, 5.74) is 4.00. The summed E-state index contributed by atoms with van der Waals surface area (Å²) in [4.78, 5) is 46.8. The predicted molar refractivity (Wildman–Crippen MR) is 149 cm³/mol. The predicted octanol–water partition coefficient (Wildman–Crippen LogP) is 3.44. The topological polar surface area (TPSA) is 174 Å². The van der Waals surface area contributed by atoms with Crippen molar-refractivity contribution in [2.75, 3.05) is 0 Å². The third kappa shape index (κ3) is 10.8. The summed E-state index contributed by atoms with van der Waals surface area (Å²) >= 11 is 0. The number of carboxylic acids is 2. The highest BCUT2D eigenvalue weighted by Gasteiger charge is 2.41. The van der Waals surface area contributed by atoms with E-state index in [1.807, 2.05) is 25.1 Å². The Balaban J connectivity index is 0.000000333. The highest BCUT2D eigenvalue weighted by atomic mass is 16.6. The Labute approximate surface area is 237 Å². The Morgan fingerprint density at radius 3 is 1.46 bits per heavy atom. The van der Waals surface area contributed by atoms with Gasteiger partial charge in [-0.1, -0.05) is 73.7 Å². The fraction of sp³-hybridized carbons (Fsp3) is 0.267. The number of nitrogens with one attached hydrogen (secondary N) is 1. The van der Waals surface area contributed by atoms with E-state index in [1.165, 1.54) is 54.1 Å². The molecule has 0 saturated carbocycles. The molecule has 0 saturated heterocycles. The molecule has 11 nitrogen and oxygen atoms in total. The summed E-state index contributed by atoms with van der Waals surface area (Å²) in [6.45, 7) is 4.77. The third-order valence-electron chi connectivity index (χ3n) is 5.83. The molecule has 0 aliphatic rings. The molecule has 0 aromatic heterocycles. The molecule has 3 aromatic rings. The first-order valence-corrected chi connectivity index (χ1v) is 12.8. The Hall–Kier alpha value is -4.58. The number of esters is 2. The van der Waals surface area contributed by atoms with E-state index in [0.29, 0.717) is 6.61 Å². The summed E-state index contributed by atoms with van der Waals surface area (Å²) in [6, 6.07) is 25.2. The molecule has 0 aliphatic carbocycles. The molecule has 0 spiro atoms. The summed E-state index contributed by atoms with van der Waals surface area (Å²) in [5.74, 6) is -0.211. The number of hydrazine groups is 1. The third-order valence-corrected chi connectivity index (χ3v) is 5.83. The van der Waals surface area contributed by atoms with Crippen LogP contribution in [0.2, 0.25) is 0 Å². The van der Waals surface area contributed by atoms with Gasteiger partial charge < -0.3 is 24.4 Å². The van der Waals surface area contributed by atoms with Crippen molar-refractivity contribution in [2.24, 2.45) is 5.84 Å². The first-order chi connectivity index (χ1) is 19.7. The van der Waals surface area contributed by atoms with E-state index in [9.17, 15) is 29.4 Å². The number of carbonyl (C=O) groups is 4. The molecule has 0 aliphatic heterocycles. The van der Waals surface area contributed by atoms with Crippen LogP contribution in [0, 0.1) is 0 Å². The standard InChI is InChI=1S/C18H14O8.C12H20N2O/c19-15(20)13(25-17(23)11-7-3-1-4-8-11)14(16(21)22)26-18(24)12-9-5-2-6-10-12;1-3-12(14-13)10(2)15-9-11-7-5-4-6-8-11/h1-10,13-14H,(H,19,20)(H,21,22);4-8,10,12,14H,3,9,13H2,1-2H3/t13-,14-;10-,12-/m00/s1. The largest absolute Gasteiger partial charge is 0.478 e. The normalized spacial score (nSPS) is 13.3. The minimum absolute atomic E-state index is 0.0253. The average Bonchev–Trinajstić information content (AvgIpc) is 2.99. The summed E-state index contributed by atoms with van der Waals surface area (Å²) in [7, 11) is 0. The second kappa shape index (κ2) is 17.2. The van der Waals surface area contributed by atoms with Crippen LogP contribution in [0.4, 0.5) is 0 Å². The monoisotopic (exact) mass is 566 g/mol. The smallest absolute Gasteiger partial charge is 0.349 e. The Bertz CT molecular complexity index is 1170. The van der Waals surface area contributed by atoms with Gasteiger partial charge in [0.15, 0.2) is 0 Å². The number of rotatable bonds is 13. The lowest BCUT2D eigenvalue weighted by molar-refractivity contribution is -0.166. The van der Waals surface area contributed by atoms with Crippen LogP contribution in [-0.4, -0.2) is 58.4 Å². The van der Waals surface area contributed by atoms with Gasteiger partial charge in [0, 0.05) is 6.04 Å². The lowest BCUT2D eigenvalue weighted by atomic mass is 10.1. The fourth-order valence-electron chi connectivity index (χ4n) is 3.50. The highest BCUT2D eigenvalue weighted by molar-refractivity contribution is 5.95. The molecule has 5 N–H and O–H groups in total. The van der Waals surface area contributed by atoms with Crippen molar-refractivity contribution < 1.29 is 43.6 Å². The van der Waals surface area contributed by atoms with Gasteiger partial charge in [-0.05, 0) is 43.2 Å². The molecule has 11 heteroatoms. The molecule has 3 rings (SSSR count). The Kier molecular flexibility index (Phi) is 13.7. The summed E-state index contributed by atoms with van der Waals surface area (Å²) in [6.07, 6.45) is -3.34. The highest BCUT2D eigenvalue weighted by Crippen LogP contribution is 2.13. The van der Waals surface area contributed by atoms with Gasteiger partial charge in [0.1, 0.15) is 0 Å². The average molecular weight is 567 g/mol. The number of carbonyl (C=O) groups excluding carboxylic acids is 2. The van der Waals surface area contributed by atoms with Crippen LogP contribution in [0.5, 0.6) is 0 Å². The maximum absolute atomic E-state index is 12.0. The van der Waals surface area contributed by atoms with Crippen molar-refractivity contribution >= 4 is 23.9 Å². The van der Waals surface area contributed by atoms with E-state index in [-0.39, 0.29) is 23.3 Å². The Morgan fingerprint density at radius 2 is 1.12 bits per heavy atom. The molecule has 218 valence electrons. The summed E-state index contributed by atoms with van der Waals surface area (Å²) < 4.78 is 15.3. The lowest BCUT2D eigenvalue weighted by Crippen LogP contribution is -2.45. The number of ether oxygens (including phenoxy) is 3. The van der Waals surface area contributed by atoms with Gasteiger partial charge in [-0.3, -0.25) is 11.3 Å². The van der Waals surface area contributed by atoms with Crippen molar-refractivity contribution in [3.63, 3.8) is 0 Å². The van der Waals surface area contributed by atoms with Crippen LogP contribution in [0.15, 0.2) is 91.0 Å². The van der Waals surface area contributed by atoms with Gasteiger partial charge in [-0.25, -0.2) is 19.2 Å². The van der Waals surface area contributed by atoms with Crippen LogP contribution >= 0.6 is 0 Å². The first kappa shape index (κ1) is 32.6. The van der Waals surface area contributed by atoms with Crippen LogP contribution in [0.1, 0.15) is 46.5 Å². The zero-order chi connectivity index (χ0) is 30.2. The van der Waals surface area contributed by atoms with Gasteiger partial charge in [0.05, 0.1) is 23.8 Å². The molecular weight excluding hydrogens is 532 g/mol. The maximum atomic E-state index is 12.0. The maximum Gasteiger partial charge on any atom is 0.349 e. The van der Waals surface area contributed by atoms with Gasteiger partial charge in [0.25, 0.3) is 0 Å². The lowest BCUT2D eigenvalue weighted by Gasteiger charge is -2.22. The molecular formula is C30H34N2O9. The zero-order valence-electron chi connectivity index (χ0n) is 22.7. The molecule has 0 unspecified atom stereocenters. The van der Waals surface area contributed by atoms with Gasteiger partial charge >= 0.3 is 23.9 Å². The Morgan fingerprint density at radius 1 is 0.732 bits per heavy atom. The molecule has 0 bridgehead atoms. The number of aliphatic carboxylic acids is 2. The van der Waals surface area contributed by atoms with Crippen molar-refractivity contribution in [3.8, 4) is 0 Å². The zero-order valence-corrected chi connectivity index (χ0v) is 22.7.